The summed E-state index contributed by atoms with van der Waals surface area (Å²) in [6.07, 6.45) is 1.30. The van der Waals surface area contributed by atoms with Gasteiger partial charge >= 0.3 is 5.97 Å². The molecule has 24 heavy (non-hydrogen) atoms. The Bertz CT molecular complexity index is 698. The van der Waals surface area contributed by atoms with Crippen LogP contribution in [0.4, 0.5) is 5.69 Å². The van der Waals surface area contributed by atoms with E-state index < -0.39 is 5.97 Å². The van der Waals surface area contributed by atoms with Gasteiger partial charge in [0.1, 0.15) is 5.75 Å². The zero-order valence-electron chi connectivity index (χ0n) is 13.6. The molecule has 0 spiro atoms. The number of carbonyl (C=O) groups excluding carboxylic acids is 1. The minimum atomic E-state index is -0.851. The molecule has 0 atom stereocenters. The summed E-state index contributed by atoms with van der Waals surface area (Å²) in [5, 5.41) is 11.7. The van der Waals surface area contributed by atoms with E-state index in [1.165, 1.54) is 0 Å². The first-order valence-corrected chi connectivity index (χ1v) is 7.94. The molecule has 2 aromatic carbocycles. The van der Waals surface area contributed by atoms with E-state index >= 15 is 0 Å². The molecule has 2 aromatic rings. The minimum Gasteiger partial charge on any atom is -0.491 e. The number of carbonyl (C=O) groups is 2. The van der Waals surface area contributed by atoms with Crippen molar-refractivity contribution < 1.29 is 19.4 Å². The molecule has 2 N–H and O–H groups in total. The van der Waals surface area contributed by atoms with Crippen molar-refractivity contribution in [2.75, 3.05) is 11.9 Å². The molecular formula is C19H21NO4. The largest absolute Gasteiger partial charge is 0.491 e. The van der Waals surface area contributed by atoms with Gasteiger partial charge in [0.15, 0.2) is 0 Å². The highest BCUT2D eigenvalue weighted by molar-refractivity contribution is 6.05. The topological polar surface area (TPSA) is 75.6 Å². The van der Waals surface area contributed by atoms with Crippen LogP contribution < -0.4 is 10.1 Å². The second kappa shape index (κ2) is 8.72. The van der Waals surface area contributed by atoms with Gasteiger partial charge in [-0.05, 0) is 42.7 Å². The maximum absolute atomic E-state index is 12.4. The monoisotopic (exact) mass is 327 g/mol. The van der Waals surface area contributed by atoms with Crippen molar-refractivity contribution in [1.82, 2.24) is 0 Å². The Hall–Kier alpha value is -2.82. The van der Waals surface area contributed by atoms with E-state index in [2.05, 4.69) is 5.32 Å². The van der Waals surface area contributed by atoms with Crippen LogP contribution in [0.5, 0.6) is 5.75 Å². The number of rotatable bonds is 8. The summed E-state index contributed by atoms with van der Waals surface area (Å²) >= 11 is 0. The van der Waals surface area contributed by atoms with E-state index in [0.29, 0.717) is 30.0 Å². The number of carboxylic acids is 1. The van der Waals surface area contributed by atoms with Crippen LogP contribution in [0.3, 0.4) is 0 Å². The molecule has 0 fully saturated rings. The number of aliphatic carboxylic acids is 1. The lowest BCUT2D eigenvalue weighted by Crippen LogP contribution is -2.13. The third-order valence-corrected chi connectivity index (χ3v) is 3.42. The predicted molar refractivity (Wildman–Crippen MR) is 92.6 cm³/mol. The third-order valence-electron chi connectivity index (χ3n) is 3.42. The quantitative estimate of drug-likeness (QED) is 0.774. The maximum Gasteiger partial charge on any atom is 0.303 e. The molecule has 0 radical (unpaired) electrons. The SMILES string of the molecule is CCCOc1ccc(CCC(=O)O)cc1NC(=O)c1ccccc1. The number of benzene rings is 2. The molecule has 0 aliphatic heterocycles. The van der Waals surface area contributed by atoms with E-state index in [9.17, 15) is 9.59 Å². The van der Waals surface area contributed by atoms with Gasteiger partial charge in [-0.2, -0.15) is 0 Å². The fourth-order valence-corrected chi connectivity index (χ4v) is 2.20. The minimum absolute atomic E-state index is 0.0429. The molecule has 0 saturated heterocycles. The number of hydrogen-bond acceptors (Lipinski definition) is 3. The van der Waals surface area contributed by atoms with Crippen LogP contribution in [0, 0.1) is 0 Å². The second-order valence-corrected chi connectivity index (χ2v) is 5.39. The lowest BCUT2D eigenvalue weighted by atomic mass is 10.1. The van der Waals surface area contributed by atoms with Gasteiger partial charge in [-0.25, -0.2) is 0 Å². The summed E-state index contributed by atoms with van der Waals surface area (Å²) in [4.78, 5) is 23.1. The van der Waals surface area contributed by atoms with Crippen LogP contribution in [-0.2, 0) is 11.2 Å². The van der Waals surface area contributed by atoms with E-state index in [1.807, 2.05) is 19.1 Å². The van der Waals surface area contributed by atoms with Crippen molar-refractivity contribution in [1.29, 1.82) is 0 Å². The Balaban J connectivity index is 2.20. The van der Waals surface area contributed by atoms with Gasteiger partial charge in [-0.1, -0.05) is 31.2 Å². The van der Waals surface area contributed by atoms with Crippen LogP contribution >= 0.6 is 0 Å². The first kappa shape index (κ1) is 17.5. The highest BCUT2D eigenvalue weighted by atomic mass is 16.5. The molecule has 1 amide bonds. The number of nitrogens with one attached hydrogen (secondary N) is 1. The van der Waals surface area contributed by atoms with Crippen LogP contribution in [0.2, 0.25) is 0 Å². The first-order chi connectivity index (χ1) is 11.6. The zero-order chi connectivity index (χ0) is 17.4. The van der Waals surface area contributed by atoms with Crippen LogP contribution in [0.25, 0.3) is 0 Å². The number of anilines is 1. The van der Waals surface area contributed by atoms with E-state index in [4.69, 9.17) is 9.84 Å². The van der Waals surface area contributed by atoms with Crippen LogP contribution in [0.15, 0.2) is 48.5 Å². The fourth-order valence-electron chi connectivity index (χ4n) is 2.20. The summed E-state index contributed by atoms with van der Waals surface area (Å²) in [6, 6.07) is 14.3. The smallest absolute Gasteiger partial charge is 0.303 e. The molecular weight excluding hydrogens is 306 g/mol. The zero-order valence-corrected chi connectivity index (χ0v) is 13.6. The fraction of sp³-hybridized carbons (Fsp3) is 0.263. The molecule has 0 bridgehead atoms. The van der Waals surface area contributed by atoms with Crippen LogP contribution in [0.1, 0.15) is 35.7 Å². The molecule has 0 aliphatic rings. The van der Waals surface area contributed by atoms with Gasteiger partial charge in [-0.3, -0.25) is 9.59 Å². The Labute approximate surface area is 141 Å². The van der Waals surface area contributed by atoms with Gasteiger partial charge in [0, 0.05) is 12.0 Å². The molecule has 126 valence electrons. The highest BCUT2D eigenvalue weighted by Crippen LogP contribution is 2.27. The summed E-state index contributed by atoms with van der Waals surface area (Å²) in [7, 11) is 0. The van der Waals surface area contributed by atoms with E-state index in [-0.39, 0.29) is 12.3 Å². The standard InChI is InChI=1S/C19H21NO4/c1-2-12-24-17-10-8-14(9-11-18(21)22)13-16(17)20-19(23)15-6-4-3-5-7-15/h3-8,10,13H,2,9,11-12H2,1H3,(H,20,23)(H,21,22). The molecule has 0 saturated carbocycles. The van der Waals surface area contributed by atoms with Crippen molar-refractivity contribution in [3.63, 3.8) is 0 Å². The maximum atomic E-state index is 12.4. The number of carboxylic acid groups (broad SMARTS) is 1. The number of aryl methyl sites for hydroxylation is 1. The Kier molecular flexibility index (Phi) is 6.37. The Morgan fingerprint density at radius 1 is 1.12 bits per heavy atom. The molecule has 5 nitrogen and oxygen atoms in total. The predicted octanol–water partition coefficient (Wildman–Crippen LogP) is 3.74. The van der Waals surface area contributed by atoms with Crippen LogP contribution in [-0.4, -0.2) is 23.6 Å². The van der Waals surface area contributed by atoms with Gasteiger partial charge in [0.05, 0.1) is 12.3 Å². The number of amides is 1. The third kappa shape index (κ3) is 5.12. The first-order valence-electron chi connectivity index (χ1n) is 7.94. The lowest BCUT2D eigenvalue weighted by molar-refractivity contribution is -0.136. The Morgan fingerprint density at radius 3 is 2.54 bits per heavy atom. The number of ether oxygens (including phenoxy) is 1. The summed E-state index contributed by atoms with van der Waals surface area (Å²) < 4.78 is 5.67. The summed E-state index contributed by atoms with van der Waals surface area (Å²) in [5.41, 5.74) is 1.94. The molecule has 0 aliphatic carbocycles. The van der Waals surface area contributed by atoms with E-state index in [0.717, 1.165) is 12.0 Å². The van der Waals surface area contributed by atoms with Crippen molar-refractivity contribution in [2.24, 2.45) is 0 Å². The van der Waals surface area contributed by atoms with Crippen molar-refractivity contribution in [3.05, 3.63) is 59.7 Å². The van der Waals surface area contributed by atoms with E-state index in [1.54, 1.807) is 36.4 Å². The summed E-state index contributed by atoms with van der Waals surface area (Å²) in [5.74, 6) is -0.497. The van der Waals surface area contributed by atoms with Crippen molar-refractivity contribution >= 4 is 17.6 Å². The molecule has 2 rings (SSSR count). The highest BCUT2D eigenvalue weighted by Gasteiger charge is 2.11. The molecule has 5 heteroatoms. The number of hydrogen-bond donors (Lipinski definition) is 2. The van der Waals surface area contributed by atoms with Crippen molar-refractivity contribution in [3.8, 4) is 5.75 Å². The normalized spacial score (nSPS) is 10.2. The molecule has 0 heterocycles. The lowest BCUT2D eigenvalue weighted by Gasteiger charge is -2.14. The summed E-state index contributed by atoms with van der Waals surface area (Å²) in [6.45, 7) is 2.55. The molecule has 0 aromatic heterocycles. The average molecular weight is 327 g/mol. The van der Waals surface area contributed by atoms with Gasteiger partial charge < -0.3 is 15.2 Å². The van der Waals surface area contributed by atoms with Crippen molar-refractivity contribution in [2.45, 2.75) is 26.2 Å². The second-order valence-electron chi connectivity index (χ2n) is 5.39. The molecule has 0 unspecified atom stereocenters. The Morgan fingerprint density at radius 2 is 1.88 bits per heavy atom. The van der Waals surface area contributed by atoms with Gasteiger partial charge in [-0.15, -0.1) is 0 Å². The van der Waals surface area contributed by atoms with Gasteiger partial charge in [0.25, 0.3) is 5.91 Å². The van der Waals surface area contributed by atoms with Gasteiger partial charge in [0.2, 0.25) is 0 Å². The average Bonchev–Trinajstić information content (AvgIpc) is 2.59.